The SMILES string of the molecule is CC1(C)OB(c2ccc(C[C@H](NC(=O)Cc3ccc(C(F)(F)F)cc3)C(N)=O)cc2)OC1(C)C. The van der Waals surface area contributed by atoms with Crippen molar-refractivity contribution in [1.82, 2.24) is 5.32 Å². The second kappa shape index (κ2) is 9.42. The Kier molecular flexibility index (Phi) is 7.14. The van der Waals surface area contributed by atoms with Gasteiger partial charge in [0.05, 0.1) is 23.2 Å². The number of alkyl halides is 3. The van der Waals surface area contributed by atoms with Crippen LogP contribution >= 0.6 is 0 Å². The molecule has 1 aliphatic rings. The van der Waals surface area contributed by atoms with Crippen molar-refractivity contribution < 1.29 is 32.1 Å². The van der Waals surface area contributed by atoms with E-state index in [-0.39, 0.29) is 12.8 Å². The van der Waals surface area contributed by atoms with E-state index >= 15 is 0 Å². The number of nitrogens with two attached hydrogens (primary N) is 1. The highest BCUT2D eigenvalue weighted by Crippen LogP contribution is 2.36. The van der Waals surface area contributed by atoms with E-state index < -0.39 is 47.9 Å². The highest BCUT2D eigenvalue weighted by molar-refractivity contribution is 6.62. The largest absolute Gasteiger partial charge is 0.494 e. The molecule has 3 N–H and O–H groups in total. The monoisotopic (exact) mass is 476 g/mol. The van der Waals surface area contributed by atoms with E-state index in [0.717, 1.165) is 23.2 Å². The first-order chi connectivity index (χ1) is 15.7. The summed E-state index contributed by atoms with van der Waals surface area (Å²) < 4.78 is 50.1. The molecule has 10 heteroatoms. The van der Waals surface area contributed by atoms with Crippen LogP contribution in [0.5, 0.6) is 0 Å². The molecule has 0 aliphatic carbocycles. The standard InChI is InChI=1S/C24H28BF3N2O4/c1-22(2)23(3,4)34-25(33-22)18-11-7-15(8-12-18)13-19(21(29)32)30-20(31)14-16-5-9-17(10-6-16)24(26,27)28/h5-12,19H,13-14H2,1-4H3,(H2,29,32)(H,30,31)/t19-/m0/s1. The van der Waals surface area contributed by atoms with Gasteiger partial charge in [-0.15, -0.1) is 0 Å². The van der Waals surface area contributed by atoms with Crippen molar-refractivity contribution in [2.45, 2.75) is 64.0 Å². The quantitative estimate of drug-likeness (QED) is 0.602. The maximum absolute atomic E-state index is 12.7. The van der Waals surface area contributed by atoms with E-state index in [9.17, 15) is 22.8 Å². The number of rotatable bonds is 7. The normalized spacial score (nSPS) is 17.9. The van der Waals surface area contributed by atoms with E-state index in [1.54, 1.807) is 12.1 Å². The maximum atomic E-state index is 12.7. The first-order valence-electron chi connectivity index (χ1n) is 10.9. The molecule has 3 rings (SSSR count). The Morgan fingerprint density at radius 2 is 1.44 bits per heavy atom. The predicted molar refractivity (Wildman–Crippen MR) is 122 cm³/mol. The summed E-state index contributed by atoms with van der Waals surface area (Å²) in [4.78, 5) is 24.3. The lowest BCUT2D eigenvalue weighted by Gasteiger charge is -2.32. The van der Waals surface area contributed by atoms with Crippen LogP contribution in [-0.2, 0) is 37.9 Å². The molecule has 0 saturated carbocycles. The van der Waals surface area contributed by atoms with Gasteiger partial charge in [0, 0.05) is 6.42 Å². The summed E-state index contributed by atoms with van der Waals surface area (Å²) in [5.41, 5.74) is 5.71. The second-order valence-corrected chi connectivity index (χ2v) is 9.43. The topological polar surface area (TPSA) is 90.6 Å². The zero-order chi connectivity index (χ0) is 25.3. The summed E-state index contributed by atoms with van der Waals surface area (Å²) in [6.45, 7) is 7.86. The average molecular weight is 476 g/mol. The Hall–Kier alpha value is -2.85. The van der Waals surface area contributed by atoms with E-state index in [4.69, 9.17) is 15.0 Å². The van der Waals surface area contributed by atoms with Crippen molar-refractivity contribution in [2.75, 3.05) is 0 Å². The Bertz CT molecular complexity index is 1020. The zero-order valence-corrected chi connectivity index (χ0v) is 19.5. The zero-order valence-electron chi connectivity index (χ0n) is 19.5. The summed E-state index contributed by atoms with van der Waals surface area (Å²) in [6.07, 6.45) is -4.46. The van der Waals surface area contributed by atoms with E-state index in [1.165, 1.54) is 12.1 Å². The highest BCUT2D eigenvalue weighted by atomic mass is 19.4. The van der Waals surface area contributed by atoms with Crippen LogP contribution in [0, 0.1) is 0 Å². The van der Waals surface area contributed by atoms with E-state index in [1.807, 2.05) is 39.8 Å². The number of halogens is 3. The fourth-order valence-electron chi connectivity index (χ4n) is 3.49. The summed E-state index contributed by atoms with van der Waals surface area (Å²) in [5.74, 6) is -1.23. The molecule has 0 bridgehead atoms. The molecule has 0 unspecified atom stereocenters. The fraction of sp³-hybridized carbons (Fsp3) is 0.417. The van der Waals surface area contributed by atoms with Gasteiger partial charge in [-0.25, -0.2) is 0 Å². The van der Waals surface area contributed by atoms with Crippen molar-refractivity contribution in [3.05, 3.63) is 65.2 Å². The van der Waals surface area contributed by atoms with Crippen LogP contribution in [0.2, 0.25) is 0 Å². The molecule has 2 amide bonds. The van der Waals surface area contributed by atoms with Crippen molar-refractivity contribution in [3.8, 4) is 0 Å². The molecular weight excluding hydrogens is 448 g/mol. The van der Waals surface area contributed by atoms with Crippen LogP contribution in [-0.4, -0.2) is 36.2 Å². The molecular formula is C24H28BF3N2O4. The maximum Gasteiger partial charge on any atom is 0.494 e. The lowest BCUT2D eigenvalue weighted by molar-refractivity contribution is -0.137. The van der Waals surface area contributed by atoms with Crippen LogP contribution in [0.15, 0.2) is 48.5 Å². The number of benzene rings is 2. The van der Waals surface area contributed by atoms with Gasteiger partial charge in [0.25, 0.3) is 0 Å². The molecule has 1 fully saturated rings. The van der Waals surface area contributed by atoms with Gasteiger partial charge in [0.1, 0.15) is 6.04 Å². The van der Waals surface area contributed by atoms with Crippen LogP contribution in [0.4, 0.5) is 13.2 Å². The molecule has 34 heavy (non-hydrogen) atoms. The number of primary amides is 1. The van der Waals surface area contributed by atoms with Crippen LogP contribution in [0.1, 0.15) is 44.4 Å². The van der Waals surface area contributed by atoms with Gasteiger partial charge in [0.2, 0.25) is 11.8 Å². The first-order valence-corrected chi connectivity index (χ1v) is 10.9. The van der Waals surface area contributed by atoms with Crippen LogP contribution in [0.3, 0.4) is 0 Å². The van der Waals surface area contributed by atoms with Crippen molar-refractivity contribution >= 4 is 24.4 Å². The molecule has 182 valence electrons. The summed E-state index contributed by atoms with van der Waals surface area (Å²) in [5, 5.41) is 2.56. The Morgan fingerprint density at radius 1 is 0.941 bits per heavy atom. The Labute approximate surface area is 197 Å². The summed E-state index contributed by atoms with van der Waals surface area (Å²) in [6, 6.07) is 10.6. The third-order valence-electron chi connectivity index (χ3n) is 6.27. The van der Waals surface area contributed by atoms with Gasteiger partial charge in [-0.05, 0) is 56.4 Å². The predicted octanol–water partition coefficient (Wildman–Crippen LogP) is 2.76. The lowest BCUT2D eigenvalue weighted by Crippen LogP contribution is -2.46. The third-order valence-corrected chi connectivity index (χ3v) is 6.27. The molecule has 1 aliphatic heterocycles. The van der Waals surface area contributed by atoms with Crippen molar-refractivity contribution in [3.63, 3.8) is 0 Å². The number of carbonyl (C=O) groups is 2. The van der Waals surface area contributed by atoms with E-state index in [0.29, 0.717) is 5.56 Å². The fourth-order valence-corrected chi connectivity index (χ4v) is 3.49. The number of hydrogen-bond donors (Lipinski definition) is 2. The Morgan fingerprint density at radius 3 is 1.91 bits per heavy atom. The molecule has 2 aromatic carbocycles. The summed E-state index contributed by atoms with van der Waals surface area (Å²) in [7, 11) is -0.519. The van der Waals surface area contributed by atoms with E-state index in [2.05, 4.69) is 5.32 Å². The van der Waals surface area contributed by atoms with Gasteiger partial charge in [-0.3, -0.25) is 9.59 Å². The molecule has 1 saturated heterocycles. The van der Waals surface area contributed by atoms with Crippen LogP contribution in [0.25, 0.3) is 0 Å². The number of amides is 2. The van der Waals surface area contributed by atoms with Crippen molar-refractivity contribution in [1.29, 1.82) is 0 Å². The molecule has 1 heterocycles. The molecule has 0 spiro atoms. The average Bonchev–Trinajstić information content (AvgIpc) is 2.94. The molecule has 0 aromatic heterocycles. The number of carbonyl (C=O) groups excluding carboxylic acids is 2. The van der Waals surface area contributed by atoms with Gasteiger partial charge in [-0.2, -0.15) is 13.2 Å². The number of hydrogen-bond acceptors (Lipinski definition) is 4. The van der Waals surface area contributed by atoms with Crippen LogP contribution < -0.4 is 16.5 Å². The molecule has 6 nitrogen and oxygen atoms in total. The number of nitrogens with one attached hydrogen (secondary N) is 1. The smallest absolute Gasteiger partial charge is 0.399 e. The third kappa shape index (κ3) is 5.98. The van der Waals surface area contributed by atoms with Crippen molar-refractivity contribution in [2.24, 2.45) is 5.73 Å². The minimum atomic E-state index is -4.45. The first kappa shape index (κ1) is 25.8. The molecule has 1 atom stereocenters. The second-order valence-electron chi connectivity index (χ2n) is 9.43. The Balaban J connectivity index is 1.61. The highest BCUT2D eigenvalue weighted by Gasteiger charge is 2.51. The lowest BCUT2D eigenvalue weighted by atomic mass is 9.78. The van der Waals surface area contributed by atoms with Gasteiger partial charge >= 0.3 is 13.3 Å². The van der Waals surface area contributed by atoms with Gasteiger partial charge in [0.15, 0.2) is 0 Å². The molecule has 2 aromatic rings. The summed E-state index contributed by atoms with van der Waals surface area (Å²) >= 11 is 0. The van der Waals surface area contributed by atoms with Gasteiger partial charge in [-0.1, -0.05) is 36.4 Å². The van der Waals surface area contributed by atoms with Gasteiger partial charge < -0.3 is 20.4 Å². The minimum absolute atomic E-state index is 0.164. The minimum Gasteiger partial charge on any atom is -0.399 e. The molecule has 0 radical (unpaired) electrons.